The van der Waals surface area contributed by atoms with Crippen molar-refractivity contribution in [3.05, 3.63) is 23.8 Å². The van der Waals surface area contributed by atoms with E-state index in [2.05, 4.69) is 50.8 Å². The van der Waals surface area contributed by atoms with Crippen molar-refractivity contribution >= 4 is 23.3 Å². The molecule has 1 rings (SSSR count). The fourth-order valence-corrected chi connectivity index (χ4v) is 3.34. The summed E-state index contributed by atoms with van der Waals surface area (Å²) in [5.41, 5.74) is 7.88. The van der Waals surface area contributed by atoms with Crippen molar-refractivity contribution in [1.82, 2.24) is 0 Å². The van der Waals surface area contributed by atoms with Gasteiger partial charge in [-0.2, -0.15) is 0 Å². The molecule has 1 aromatic rings. The van der Waals surface area contributed by atoms with Gasteiger partial charge in [0.25, 0.3) is 0 Å². The Morgan fingerprint density at radius 3 is 2.52 bits per heavy atom. The van der Waals surface area contributed by atoms with Crippen molar-refractivity contribution in [2.45, 2.75) is 57.9 Å². The molecule has 0 aliphatic carbocycles. The van der Waals surface area contributed by atoms with Crippen LogP contribution in [0.1, 0.15) is 52.5 Å². The van der Waals surface area contributed by atoms with E-state index in [1.165, 1.54) is 19.3 Å². The summed E-state index contributed by atoms with van der Waals surface area (Å²) >= 11 is 1.75. The highest BCUT2D eigenvalue weighted by molar-refractivity contribution is 7.99. The van der Waals surface area contributed by atoms with E-state index in [0.717, 1.165) is 28.4 Å². The second kappa shape index (κ2) is 8.98. The summed E-state index contributed by atoms with van der Waals surface area (Å²) in [7, 11) is 0. The third-order valence-electron chi connectivity index (χ3n) is 3.51. The molecule has 1 aromatic carbocycles. The zero-order chi connectivity index (χ0) is 15.8. The Kier molecular flexibility index (Phi) is 7.65. The lowest BCUT2D eigenvalue weighted by Gasteiger charge is -2.31. The number of anilines is 1. The van der Waals surface area contributed by atoms with Crippen LogP contribution in [-0.2, 0) is 0 Å². The number of hydrogen-bond donors (Lipinski definition) is 2. The third-order valence-corrected chi connectivity index (χ3v) is 4.45. The standard InChI is InChI=1S/C17H29N3S/c1-5-7-8-12-20(13(3)4)14-10-9-11-15(21-6-2)16(14)17(18)19/h9-11,13H,5-8,12H2,1-4H3,(H3,18,19). The highest BCUT2D eigenvalue weighted by atomic mass is 32.2. The molecule has 0 heterocycles. The number of thioether (sulfide) groups is 1. The van der Waals surface area contributed by atoms with Crippen LogP contribution in [-0.4, -0.2) is 24.2 Å². The van der Waals surface area contributed by atoms with Crippen molar-refractivity contribution in [3.8, 4) is 0 Å². The van der Waals surface area contributed by atoms with Crippen LogP contribution in [0.2, 0.25) is 0 Å². The second-order valence-electron chi connectivity index (χ2n) is 5.49. The van der Waals surface area contributed by atoms with Gasteiger partial charge >= 0.3 is 0 Å². The molecular weight excluding hydrogens is 278 g/mol. The maximum absolute atomic E-state index is 7.98. The number of amidine groups is 1. The van der Waals surface area contributed by atoms with Crippen LogP contribution in [0, 0.1) is 5.41 Å². The molecule has 0 aromatic heterocycles. The quantitative estimate of drug-likeness (QED) is 0.306. The van der Waals surface area contributed by atoms with Crippen LogP contribution in [0.15, 0.2) is 23.1 Å². The summed E-state index contributed by atoms with van der Waals surface area (Å²) in [5, 5.41) is 7.98. The first-order valence-corrected chi connectivity index (χ1v) is 8.88. The molecule has 0 unspecified atom stereocenters. The molecule has 4 heteroatoms. The summed E-state index contributed by atoms with van der Waals surface area (Å²) in [6, 6.07) is 6.65. The summed E-state index contributed by atoms with van der Waals surface area (Å²) in [6.45, 7) is 9.78. The molecule has 3 N–H and O–H groups in total. The number of hydrogen-bond acceptors (Lipinski definition) is 3. The molecule has 0 fully saturated rings. The van der Waals surface area contributed by atoms with Gasteiger partial charge in [-0.3, -0.25) is 5.41 Å². The lowest BCUT2D eigenvalue weighted by Crippen LogP contribution is -2.34. The van der Waals surface area contributed by atoms with E-state index < -0.39 is 0 Å². The van der Waals surface area contributed by atoms with Gasteiger partial charge in [-0.1, -0.05) is 32.8 Å². The van der Waals surface area contributed by atoms with Gasteiger partial charge in [0.05, 0.1) is 5.56 Å². The normalized spacial score (nSPS) is 10.9. The van der Waals surface area contributed by atoms with Gasteiger partial charge in [0.1, 0.15) is 5.84 Å². The van der Waals surface area contributed by atoms with Crippen LogP contribution >= 0.6 is 11.8 Å². The number of nitrogens with one attached hydrogen (secondary N) is 1. The van der Waals surface area contributed by atoms with Crippen molar-refractivity contribution in [2.24, 2.45) is 5.73 Å². The smallest absolute Gasteiger partial charge is 0.126 e. The molecule has 0 radical (unpaired) electrons. The number of nitrogen functional groups attached to an aromatic ring is 1. The Hall–Kier alpha value is -1.16. The molecule has 0 atom stereocenters. The molecule has 0 saturated carbocycles. The van der Waals surface area contributed by atoms with Gasteiger partial charge in [-0.05, 0) is 38.2 Å². The van der Waals surface area contributed by atoms with Crippen LogP contribution < -0.4 is 10.6 Å². The maximum atomic E-state index is 7.98. The zero-order valence-corrected chi connectivity index (χ0v) is 14.6. The monoisotopic (exact) mass is 307 g/mol. The SMILES string of the molecule is CCCCCN(c1cccc(SCC)c1C(=N)N)C(C)C. The summed E-state index contributed by atoms with van der Waals surface area (Å²) in [4.78, 5) is 3.50. The average Bonchev–Trinajstić information content (AvgIpc) is 2.43. The molecule has 0 saturated heterocycles. The minimum absolute atomic E-state index is 0.169. The summed E-state index contributed by atoms with van der Waals surface area (Å²) < 4.78 is 0. The highest BCUT2D eigenvalue weighted by Gasteiger charge is 2.18. The fourth-order valence-electron chi connectivity index (χ4n) is 2.49. The van der Waals surface area contributed by atoms with E-state index in [4.69, 9.17) is 11.1 Å². The lowest BCUT2D eigenvalue weighted by atomic mass is 10.1. The molecule has 118 valence electrons. The van der Waals surface area contributed by atoms with E-state index in [-0.39, 0.29) is 5.84 Å². The fraction of sp³-hybridized carbons (Fsp3) is 0.588. The van der Waals surface area contributed by atoms with Gasteiger partial charge < -0.3 is 10.6 Å². The minimum Gasteiger partial charge on any atom is -0.384 e. The van der Waals surface area contributed by atoms with E-state index in [9.17, 15) is 0 Å². The molecular formula is C17H29N3S. The lowest BCUT2D eigenvalue weighted by molar-refractivity contribution is 0.625. The molecule has 3 nitrogen and oxygen atoms in total. The number of nitrogens with zero attached hydrogens (tertiary/aromatic N) is 1. The highest BCUT2D eigenvalue weighted by Crippen LogP contribution is 2.31. The molecule has 0 aliphatic rings. The van der Waals surface area contributed by atoms with Crippen LogP contribution in [0.3, 0.4) is 0 Å². The van der Waals surface area contributed by atoms with E-state index in [1.807, 2.05) is 0 Å². The largest absolute Gasteiger partial charge is 0.384 e. The number of benzene rings is 1. The van der Waals surface area contributed by atoms with Crippen molar-refractivity contribution in [1.29, 1.82) is 5.41 Å². The first-order valence-electron chi connectivity index (χ1n) is 7.89. The summed E-state index contributed by atoms with van der Waals surface area (Å²) in [6.07, 6.45) is 3.64. The Morgan fingerprint density at radius 2 is 2.00 bits per heavy atom. The van der Waals surface area contributed by atoms with Crippen LogP contribution in [0.25, 0.3) is 0 Å². The van der Waals surface area contributed by atoms with Crippen LogP contribution in [0.5, 0.6) is 0 Å². The second-order valence-corrected chi connectivity index (χ2v) is 6.80. The third kappa shape index (κ3) is 4.95. The molecule has 0 bridgehead atoms. The predicted molar refractivity (Wildman–Crippen MR) is 95.9 cm³/mol. The average molecular weight is 308 g/mol. The van der Waals surface area contributed by atoms with Gasteiger partial charge in [0.15, 0.2) is 0 Å². The Bertz CT molecular complexity index is 457. The molecule has 0 amide bonds. The number of rotatable bonds is 9. The van der Waals surface area contributed by atoms with E-state index in [1.54, 1.807) is 11.8 Å². The van der Waals surface area contributed by atoms with Gasteiger partial charge in [-0.25, -0.2) is 0 Å². The van der Waals surface area contributed by atoms with Crippen molar-refractivity contribution in [3.63, 3.8) is 0 Å². The van der Waals surface area contributed by atoms with E-state index in [0.29, 0.717) is 6.04 Å². The number of unbranched alkanes of at least 4 members (excludes halogenated alkanes) is 2. The maximum Gasteiger partial charge on any atom is 0.126 e. The van der Waals surface area contributed by atoms with Gasteiger partial charge in [0, 0.05) is 23.2 Å². The topological polar surface area (TPSA) is 53.1 Å². The minimum atomic E-state index is 0.169. The Morgan fingerprint density at radius 1 is 1.29 bits per heavy atom. The molecule has 0 spiro atoms. The molecule has 0 aliphatic heterocycles. The first kappa shape index (κ1) is 17.9. The van der Waals surface area contributed by atoms with Crippen molar-refractivity contribution < 1.29 is 0 Å². The first-order chi connectivity index (χ1) is 10.0. The Labute approximate surface area is 133 Å². The van der Waals surface area contributed by atoms with Crippen molar-refractivity contribution in [2.75, 3.05) is 17.2 Å². The summed E-state index contributed by atoms with van der Waals surface area (Å²) in [5.74, 6) is 1.16. The predicted octanol–water partition coefficient (Wildman–Crippen LogP) is 4.49. The Balaban J connectivity index is 3.17. The van der Waals surface area contributed by atoms with E-state index >= 15 is 0 Å². The van der Waals surface area contributed by atoms with Crippen LogP contribution in [0.4, 0.5) is 5.69 Å². The van der Waals surface area contributed by atoms with Gasteiger partial charge in [0.2, 0.25) is 0 Å². The van der Waals surface area contributed by atoms with Gasteiger partial charge in [-0.15, -0.1) is 11.8 Å². The zero-order valence-electron chi connectivity index (χ0n) is 13.8. The number of nitrogens with two attached hydrogens (primary N) is 1. The molecule has 21 heavy (non-hydrogen) atoms.